The zero-order valence-electron chi connectivity index (χ0n) is 14.0. The average Bonchev–Trinajstić information content (AvgIpc) is 3.11. The molecule has 24 heavy (non-hydrogen) atoms. The normalized spacial score (nSPS) is 16.7. The van der Waals surface area contributed by atoms with Crippen molar-refractivity contribution < 1.29 is 4.79 Å². The van der Waals surface area contributed by atoms with Crippen molar-refractivity contribution in [1.82, 2.24) is 10.3 Å². The number of carbonyl (C=O) groups is 1. The number of nitrogens with one attached hydrogen (secondary N) is 1. The van der Waals surface area contributed by atoms with Gasteiger partial charge in [-0.25, -0.2) is 4.98 Å². The molecule has 1 aliphatic carbocycles. The zero-order chi connectivity index (χ0) is 16.8. The van der Waals surface area contributed by atoms with E-state index in [0.29, 0.717) is 19.5 Å². The molecule has 0 radical (unpaired) electrons. The Kier molecular flexibility index (Phi) is 5.63. The van der Waals surface area contributed by atoms with Gasteiger partial charge < -0.3 is 11.1 Å². The summed E-state index contributed by atoms with van der Waals surface area (Å²) in [6, 6.07) is 10.1. The fourth-order valence-corrected chi connectivity index (χ4v) is 4.27. The van der Waals surface area contributed by atoms with Crippen molar-refractivity contribution in [3.05, 3.63) is 41.4 Å². The van der Waals surface area contributed by atoms with Crippen LogP contribution in [0.15, 0.2) is 35.7 Å². The fraction of sp³-hybridized carbons (Fsp3) is 0.474. The molecule has 0 unspecified atom stereocenters. The molecule has 1 aromatic carbocycles. The van der Waals surface area contributed by atoms with Gasteiger partial charge in [-0.15, -0.1) is 11.3 Å². The Balaban J connectivity index is 1.54. The molecular formula is C19H25N3OS. The summed E-state index contributed by atoms with van der Waals surface area (Å²) in [4.78, 5) is 17.0. The number of amides is 1. The molecule has 0 spiro atoms. The lowest BCUT2D eigenvalue weighted by Crippen LogP contribution is -2.38. The van der Waals surface area contributed by atoms with Gasteiger partial charge in [0.15, 0.2) is 0 Å². The van der Waals surface area contributed by atoms with Crippen LogP contribution >= 0.6 is 11.3 Å². The number of nitrogens with two attached hydrogens (primary N) is 1. The van der Waals surface area contributed by atoms with Gasteiger partial charge >= 0.3 is 0 Å². The second kappa shape index (κ2) is 7.90. The highest BCUT2D eigenvalue weighted by atomic mass is 32.1. The molecule has 0 saturated heterocycles. The molecule has 3 N–H and O–H groups in total. The summed E-state index contributed by atoms with van der Waals surface area (Å²) >= 11 is 1.61. The van der Waals surface area contributed by atoms with Crippen LogP contribution in [0.1, 0.15) is 44.2 Å². The second-order valence-electron chi connectivity index (χ2n) is 6.73. The largest absolute Gasteiger partial charge is 0.350 e. The number of nitrogens with zero attached hydrogens (tertiary/aromatic N) is 1. The van der Waals surface area contributed by atoms with Crippen LogP contribution in [0.5, 0.6) is 0 Å². The van der Waals surface area contributed by atoms with Gasteiger partial charge in [-0.05, 0) is 24.8 Å². The summed E-state index contributed by atoms with van der Waals surface area (Å²) < 4.78 is 0. The van der Waals surface area contributed by atoms with Gasteiger partial charge in [-0.3, -0.25) is 4.79 Å². The number of hydrogen-bond acceptors (Lipinski definition) is 4. The van der Waals surface area contributed by atoms with Gasteiger partial charge in [-0.2, -0.15) is 0 Å². The molecule has 1 aromatic heterocycles. The van der Waals surface area contributed by atoms with Crippen molar-refractivity contribution in [1.29, 1.82) is 0 Å². The van der Waals surface area contributed by atoms with Gasteiger partial charge in [0.1, 0.15) is 5.01 Å². The summed E-state index contributed by atoms with van der Waals surface area (Å²) in [7, 11) is 0. The molecule has 4 nitrogen and oxygen atoms in total. The van der Waals surface area contributed by atoms with Gasteiger partial charge in [-0.1, -0.05) is 49.6 Å². The molecule has 1 amide bonds. The van der Waals surface area contributed by atoms with Crippen molar-refractivity contribution in [3.8, 4) is 10.6 Å². The Morgan fingerprint density at radius 1 is 1.21 bits per heavy atom. The number of rotatable bonds is 6. The van der Waals surface area contributed by atoms with Gasteiger partial charge in [0.05, 0.1) is 12.2 Å². The molecule has 1 heterocycles. The monoisotopic (exact) mass is 343 g/mol. The molecule has 1 aliphatic rings. The van der Waals surface area contributed by atoms with Gasteiger partial charge in [0.25, 0.3) is 0 Å². The van der Waals surface area contributed by atoms with Crippen molar-refractivity contribution in [2.24, 2.45) is 11.1 Å². The molecule has 1 saturated carbocycles. The zero-order valence-corrected chi connectivity index (χ0v) is 14.8. The van der Waals surface area contributed by atoms with E-state index in [2.05, 4.69) is 22.4 Å². The molecule has 1 fully saturated rings. The van der Waals surface area contributed by atoms with Crippen LogP contribution in [0.3, 0.4) is 0 Å². The maximum atomic E-state index is 12.3. The van der Waals surface area contributed by atoms with Crippen molar-refractivity contribution in [3.63, 3.8) is 0 Å². The van der Waals surface area contributed by atoms with Crippen molar-refractivity contribution in [2.75, 3.05) is 6.54 Å². The number of hydrogen-bond donors (Lipinski definition) is 2. The molecule has 0 bridgehead atoms. The van der Waals surface area contributed by atoms with E-state index in [1.807, 2.05) is 23.6 Å². The first-order chi connectivity index (χ1) is 11.7. The van der Waals surface area contributed by atoms with Crippen LogP contribution in [0.2, 0.25) is 0 Å². The Labute approximate surface area is 147 Å². The highest BCUT2D eigenvalue weighted by molar-refractivity contribution is 7.13. The molecule has 2 aromatic rings. The SMILES string of the molecule is NCC1(CC(=O)NCc2csc(-c3ccccc3)n2)CCCCC1. The predicted octanol–water partition coefficient (Wildman–Crippen LogP) is 3.73. The third-order valence-corrected chi connectivity index (χ3v) is 5.86. The Morgan fingerprint density at radius 3 is 2.67 bits per heavy atom. The minimum atomic E-state index is 0.0135. The lowest BCUT2D eigenvalue weighted by atomic mass is 9.71. The third-order valence-electron chi connectivity index (χ3n) is 4.92. The van der Waals surface area contributed by atoms with E-state index in [9.17, 15) is 4.79 Å². The Morgan fingerprint density at radius 2 is 1.96 bits per heavy atom. The van der Waals surface area contributed by atoms with E-state index in [4.69, 9.17) is 5.73 Å². The number of aromatic nitrogens is 1. The van der Waals surface area contributed by atoms with Crippen molar-refractivity contribution >= 4 is 17.2 Å². The minimum Gasteiger partial charge on any atom is -0.350 e. The lowest BCUT2D eigenvalue weighted by molar-refractivity contribution is -0.124. The van der Waals surface area contributed by atoms with E-state index < -0.39 is 0 Å². The van der Waals surface area contributed by atoms with Crippen LogP contribution in [-0.4, -0.2) is 17.4 Å². The number of thiazole rings is 1. The van der Waals surface area contributed by atoms with Crippen LogP contribution in [0.4, 0.5) is 0 Å². The molecular weight excluding hydrogens is 318 g/mol. The van der Waals surface area contributed by atoms with E-state index in [1.54, 1.807) is 11.3 Å². The third kappa shape index (κ3) is 4.22. The highest BCUT2D eigenvalue weighted by Gasteiger charge is 2.32. The van der Waals surface area contributed by atoms with Gasteiger partial charge in [0.2, 0.25) is 5.91 Å². The van der Waals surface area contributed by atoms with E-state index in [1.165, 1.54) is 19.3 Å². The average molecular weight is 343 g/mol. The molecule has 0 atom stereocenters. The standard InChI is InChI=1S/C19H25N3OS/c20-14-19(9-5-2-6-10-19)11-17(23)21-12-16-13-24-18(22-16)15-7-3-1-4-8-15/h1,3-4,7-8,13H,2,5-6,9-12,14,20H2,(H,21,23). The van der Waals surface area contributed by atoms with E-state index in [0.717, 1.165) is 29.1 Å². The topological polar surface area (TPSA) is 68.0 Å². The summed E-state index contributed by atoms with van der Waals surface area (Å²) in [6.07, 6.45) is 6.34. The predicted molar refractivity (Wildman–Crippen MR) is 98.6 cm³/mol. The first-order valence-corrected chi connectivity index (χ1v) is 9.55. The molecule has 0 aliphatic heterocycles. The van der Waals surface area contributed by atoms with E-state index in [-0.39, 0.29) is 11.3 Å². The molecule has 5 heteroatoms. The maximum Gasteiger partial charge on any atom is 0.220 e. The minimum absolute atomic E-state index is 0.0135. The van der Waals surface area contributed by atoms with Gasteiger partial charge in [0, 0.05) is 17.4 Å². The summed E-state index contributed by atoms with van der Waals surface area (Å²) in [5.74, 6) is 0.0941. The van der Waals surface area contributed by atoms with Crippen molar-refractivity contribution in [2.45, 2.75) is 45.1 Å². The smallest absolute Gasteiger partial charge is 0.220 e. The number of benzene rings is 1. The van der Waals surface area contributed by atoms with Crippen LogP contribution in [0, 0.1) is 5.41 Å². The Hall–Kier alpha value is -1.72. The second-order valence-corrected chi connectivity index (χ2v) is 7.59. The molecule has 3 rings (SSSR count). The van der Waals surface area contributed by atoms with Crippen LogP contribution < -0.4 is 11.1 Å². The highest BCUT2D eigenvalue weighted by Crippen LogP contribution is 2.38. The quantitative estimate of drug-likeness (QED) is 0.840. The summed E-state index contributed by atoms with van der Waals surface area (Å²) in [5.41, 5.74) is 8.01. The number of carbonyl (C=O) groups excluding carboxylic acids is 1. The first-order valence-electron chi connectivity index (χ1n) is 8.67. The first kappa shape index (κ1) is 17.1. The fourth-order valence-electron chi connectivity index (χ4n) is 3.45. The lowest BCUT2D eigenvalue weighted by Gasteiger charge is -2.35. The molecule has 128 valence electrons. The maximum absolute atomic E-state index is 12.3. The van der Waals surface area contributed by atoms with Crippen LogP contribution in [-0.2, 0) is 11.3 Å². The Bertz CT molecular complexity index is 662. The summed E-state index contributed by atoms with van der Waals surface area (Å²) in [5, 5.41) is 6.03. The van der Waals surface area contributed by atoms with Crippen LogP contribution in [0.25, 0.3) is 10.6 Å². The van der Waals surface area contributed by atoms with E-state index >= 15 is 0 Å². The summed E-state index contributed by atoms with van der Waals surface area (Å²) in [6.45, 7) is 1.10.